The molecule has 1 fully saturated rings. The Bertz CT molecular complexity index is 667. The van der Waals surface area contributed by atoms with Crippen molar-refractivity contribution in [1.29, 1.82) is 0 Å². The van der Waals surface area contributed by atoms with Crippen molar-refractivity contribution in [3.8, 4) is 10.6 Å². The van der Waals surface area contributed by atoms with Gasteiger partial charge < -0.3 is 0 Å². The van der Waals surface area contributed by atoms with Gasteiger partial charge in [0, 0.05) is 17.6 Å². The molecule has 118 valence electrons. The Kier molecular flexibility index (Phi) is 5.62. The summed E-state index contributed by atoms with van der Waals surface area (Å²) in [6, 6.07) is 4.26. The molecule has 0 unspecified atom stereocenters. The van der Waals surface area contributed by atoms with E-state index in [4.69, 9.17) is 5.10 Å². The first kappa shape index (κ1) is 15.7. The quantitative estimate of drug-likeness (QED) is 0.744. The number of hydrogen-bond donors (Lipinski definition) is 0. The summed E-state index contributed by atoms with van der Waals surface area (Å²) in [5, 5.41) is 9.32. The fourth-order valence-electron chi connectivity index (χ4n) is 2.79. The smallest absolute Gasteiger partial charge is 0.206 e. The molecular formula is C17H23N3S2. The lowest BCUT2D eigenvalue weighted by Crippen LogP contribution is -2.15. The number of thiophene rings is 1. The lowest BCUT2D eigenvalue weighted by Gasteiger charge is -2.11. The van der Waals surface area contributed by atoms with Crippen molar-refractivity contribution < 1.29 is 0 Å². The van der Waals surface area contributed by atoms with Crippen molar-refractivity contribution in [3.05, 3.63) is 27.7 Å². The molecule has 2 aromatic heterocycles. The Balaban J connectivity index is 2.00. The summed E-state index contributed by atoms with van der Waals surface area (Å²) in [4.78, 5) is 6.91. The number of hydrogen-bond acceptors (Lipinski definition) is 4. The molecular weight excluding hydrogens is 310 g/mol. The van der Waals surface area contributed by atoms with Gasteiger partial charge in [0.05, 0.1) is 10.6 Å². The summed E-state index contributed by atoms with van der Waals surface area (Å²) in [7, 11) is 0. The predicted octanol–water partition coefficient (Wildman–Crippen LogP) is 5.15. The molecule has 3 rings (SSSR count). The summed E-state index contributed by atoms with van der Waals surface area (Å²) in [5.41, 5.74) is 2.52. The monoisotopic (exact) mass is 333 g/mol. The van der Waals surface area contributed by atoms with Gasteiger partial charge in [0.2, 0.25) is 4.80 Å². The van der Waals surface area contributed by atoms with Gasteiger partial charge in [-0.1, -0.05) is 25.3 Å². The van der Waals surface area contributed by atoms with Crippen LogP contribution in [0.1, 0.15) is 51.9 Å². The summed E-state index contributed by atoms with van der Waals surface area (Å²) in [5.74, 6) is 0. The summed E-state index contributed by atoms with van der Waals surface area (Å²) < 4.78 is 2.08. The van der Waals surface area contributed by atoms with Crippen LogP contribution < -0.4 is 4.80 Å². The molecule has 0 radical (unpaired) electrons. The Labute approximate surface area is 140 Å². The average molecular weight is 334 g/mol. The number of aromatic nitrogens is 1. The predicted molar refractivity (Wildman–Crippen MR) is 96.9 cm³/mol. The zero-order valence-electron chi connectivity index (χ0n) is 13.1. The zero-order chi connectivity index (χ0) is 15.2. The second-order valence-corrected chi connectivity index (χ2v) is 7.39. The molecule has 1 saturated carbocycles. The minimum Gasteiger partial charge on any atom is -0.258 e. The maximum atomic E-state index is 5.01. The highest BCUT2D eigenvalue weighted by atomic mass is 32.1. The maximum absolute atomic E-state index is 5.01. The fraction of sp³-hybridized carbons (Fsp3) is 0.529. The molecule has 5 heteroatoms. The molecule has 0 N–H and O–H groups in total. The van der Waals surface area contributed by atoms with Gasteiger partial charge in [0.1, 0.15) is 0 Å². The van der Waals surface area contributed by atoms with Crippen LogP contribution in [-0.4, -0.2) is 16.9 Å². The first-order valence-electron chi connectivity index (χ1n) is 8.20. The SMILES string of the molecule is CCN=c1scc(-c2cccs2)n1N=C1CCCCCCC1. The second-order valence-electron chi connectivity index (χ2n) is 5.60. The second kappa shape index (κ2) is 7.88. The molecule has 0 aliphatic heterocycles. The highest BCUT2D eigenvalue weighted by Crippen LogP contribution is 2.25. The van der Waals surface area contributed by atoms with Crippen LogP contribution in [0.25, 0.3) is 10.6 Å². The molecule has 0 atom stereocenters. The van der Waals surface area contributed by atoms with Crippen LogP contribution in [0.15, 0.2) is 33.0 Å². The molecule has 2 aromatic rings. The lowest BCUT2D eigenvalue weighted by molar-refractivity contribution is 0.602. The first-order chi connectivity index (χ1) is 10.9. The van der Waals surface area contributed by atoms with Gasteiger partial charge in [-0.05, 0) is 44.1 Å². The highest BCUT2D eigenvalue weighted by Gasteiger charge is 2.11. The van der Waals surface area contributed by atoms with Crippen molar-refractivity contribution in [2.75, 3.05) is 6.54 Å². The molecule has 1 aliphatic carbocycles. The van der Waals surface area contributed by atoms with E-state index in [2.05, 4.69) is 39.5 Å². The van der Waals surface area contributed by atoms with Gasteiger partial charge in [-0.3, -0.25) is 4.99 Å². The molecule has 0 spiro atoms. The Morgan fingerprint density at radius 1 is 1.09 bits per heavy atom. The van der Waals surface area contributed by atoms with Crippen molar-refractivity contribution in [2.24, 2.45) is 10.1 Å². The Morgan fingerprint density at radius 3 is 2.55 bits per heavy atom. The number of rotatable bonds is 3. The van der Waals surface area contributed by atoms with Crippen LogP contribution in [0.4, 0.5) is 0 Å². The van der Waals surface area contributed by atoms with Crippen LogP contribution in [0.3, 0.4) is 0 Å². The molecule has 0 saturated heterocycles. The van der Waals surface area contributed by atoms with E-state index in [1.165, 1.54) is 48.4 Å². The maximum Gasteiger partial charge on any atom is 0.206 e. The van der Waals surface area contributed by atoms with E-state index in [0.717, 1.165) is 24.2 Å². The normalized spacial score (nSPS) is 17.3. The molecule has 0 aromatic carbocycles. The minimum atomic E-state index is 0.801. The van der Waals surface area contributed by atoms with Crippen molar-refractivity contribution in [3.63, 3.8) is 0 Å². The topological polar surface area (TPSA) is 29.6 Å². The van der Waals surface area contributed by atoms with Crippen LogP contribution in [-0.2, 0) is 0 Å². The first-order valence-corrected chi connectivity index (χ1v) is 9.96. The lowest BCUT2D eigenvalue weighted by atomic mass is 9.99. The van der Waals surface area contributed by atoms with Gasteiger partial charge in [-0.2, -0.15) is 5.10 Å². The summed E-state index contributed by atoms with van der Waals surface area (Å²) >= 11 is 3.46. The molecule has 2 heterocycles. The minimum absolute atomic E-state index is 0.801. The third-order valence-corrected chi connectivity index (χ3v) is 5.67. The van der Waals surface area contributed by atoms with E-state index in [9.17, 15) is 0 Å². The molecule has 0 amide bonds. The van der Waals surface area contributed by atoms with Gasteiger partial charge in [-0.25, -0.2) is 4.68 Å². The van der Waals surface area contributed by atoms with Crippen LogP contribution in [0.5, 0.6) is 0 Å². The van der Waals surface area contributed by atoms with E-state index in [-0.39, 0.29) is 0 Å². The summed E-state index contributed by atoms with van der Waals surface area (Å²) in [6.07, 6.45) is 8.90. The Hall–Kier alpha value is -1.20. The average Bonchev–Trinajstić information content (AvgIpc) is 3.12. The Morgan fingerprint density at radius 2 is 1.86 bits per heavy atom. The van der Waals surface area contributed by atoms with E-state index in [0.29, 0.717) is 0 Å². The molecule has 22 heavy (non-hydrogen) atoms. The fourth-order valence-corrected chi connectivity index (χ4v) is 4.48. The van der Waals surface area contributed by atoms with Crippen molar-refractivity contribution in [2.45, 2.75) is 51.9 Å². The summed E-state index contributed by atoms with van der Waals surface area (Å²) in [6.45, 7) is 2.88. The molecule has 1 aliphatic rings. The number of nitrogens with zero attached hydrogens (tertiary/aromatic N) is 3. The van der Waals surface area contributed by atoms with E-state index in [1.54, 1.807) is 22.7 Å². The van der Waals surface area contributed by atoms with Crippen LogP contribution >= 0.6 is 22.7 Å². The molecule has 0 bridgehead atoms. The van der Waals surface area contributed by atoms with Crippen LogP contribution in [0.2, 0.25) is 0 Å². The van der Waals surface area contributed by atoms with E-state index in [1.807, 2.05) is 0 Å². The van der Waals surface area contributed by atoms with Gasteiger partial charge >= 0.3 is 0 Å². The van der Waals surface area contributed by atoms with Gasteiger partial charge in [0.15, 0.2) is 0 Å². The molecule has 3 nitrogen and oxygen atoms in total. The highest BCUT2D eigenvalue weighted by molar-refractivity contribution is 7.14. The van der Waals surface area contributed by atoms with Crippen LogP contribution in [0, 0.1) is 0 Å². The van der Waals surface area contributed by atoms with Gasteiger partial charge in [-0.15, -0.1) is 22.7 Å². The zero-order valence-corrected chi connectivity index (χ0v) is 14.8. The van der Waals surface area contributed by atoms with E-state index < -0.39 is 0 Å². The number of thiazole rings is 1. The van der Waals surface area contributed by atoms with Gasteiger partial charge in [0.25, 0.3) is 0 Å². The third-order valence-electron chi connectivity index (χ3n) is 3.92. The third kappa shape index (κ3) is 3.76. The largest absolute Gasteiger partial charge is 0.258 e. The van der Waals surface area contributed by atoms with E-state index >= 15 is 0 Å². The standard InChI is InChI=1S/C17H23N3S2/c1-2-18-17-20(15(13-22-17)16-11-8-12-21-16)19-14-9-6-4-3-5-7-10-14/h8,11-13H,2-7,9-10H2,1H3. The van der Waals surface area contributed by atoms with Crippen molar-refractivity contribution >= 4 is 28.4 Å². The van der Waals surface area contributed by atoms with Crippen molar-refractivity contribution in [1.82, 2.24) is 4.68 Å².